The molecule has 1 fully saturated rings. The first-order valence-electron chi connectivity index (χ1n) is 10.1. The second-order valence-corrected chi connectivity index (χ2v) is 8.67. The fourth-order valence-electron chi connectivity index (χ4n) is 3.92. The van der Waals surface area contributed by atoms with Gasteiger partial charge in [0.1, 0.15) is 5.82 Å². The molecule has 2 unspecified atom stereocenters. The van der Waals surface area contributed by atoms with Gasteiger partial charge < -0.3 is 5.32 Å². The lowest BCUT2D eigenvalue weighted by Gasteiger charge is -2.35. The summed E-state index contributed by atoms with van der Waals surface area (Å²) in [5.74, 6) is 0.0705. The summed E-state index contributed by atoms with van der Waals surface area (Å²) in [6, 6.07) is 6.65. The number of fused-ring (bicyclic) bond motifs is 1. The summed E-state index contributed by atoms with van der Waals surface area (Å²) in [7, 11) is 0. The van der Waals surface area contributed by atoms with Crippen LogP contribution in [0.4, 0.5) is 18.9 Å². The molecule has 0 bridgehead atoms. The lowest BCUT2D eigenvalue weighted by atomic mass is 9.96. The minimum Gasteiger partial charge on any atom is -0.323 e. The minimum absolute atomic E-state index is 0.156. The Kier molecular flexibility index (Phi) is 6.33. The first-order chi connectivity index (χ1) is 15.1. The quantitative estimate of drug-likeness (QED) is 0.547. The molecule has 2 aromatic heterocycles. The summed E-state index contributed by atoms with van der Waals surface area (Å²) in [5, 5.41) is 11.8. The summed E-state index contributed by atoms with van der Waals surface area (Å²) in [5.41, 5.74) is 0.0595. The van der Waals surface area contributed by atoms with Crippen LogP contribution in [0, 0.1) is 0 Å². The molecule has 3 aromatic rings. The van der Waals surface area contributed by atoms with Crippen LogP contribution < -0.4 is 5.32 Å². The van der Waals surface area contributed by atoms with Crippen molar-refractivity contribution in [1.29, 1.82) is 0 Å². The van der Waals surface area contributed by atoms with Crippen molar-refractivity contribution in [3.63, 3.8) is 0 Å². The minimum atomic E-state index is -4.45. The fourth-order valence-corrected chi connectivity index (χ4v) is 4.37. The van der Waals surface area contributed by atoms with Crippen molar-refractivity contribution in [1.82, 2.24) is 19.5 Å². The summed E-state index contributed by atoms with van der Waals surface area (Å²) < 4.78 is 40.9. The van der Waals surface area contributed by atoms with E-state index in [0.717, 1.165) is 25.1 Å². The first-order valence-corrected chi connectivity index (χ1v) is 10.8. The van der Waals surface area contributed by atoms with Gasteiger partial charge in [-0.25, -0.2) is 0 Å². The van der Waals surface area contributed by atoms with Gasteiger partial charge in [0.05, 0.1) is 22.3 Å². The molecule has 2 atom stereocenters. The van der Waals surface area contributed by atoms with E-state index in [1.807, 2.05) is 4.90 Å². The van der Waals surface area contributed by atoms with Crippen molar-refractivity contribution in [3.05, 3.63) is 58.0 Å². The zero-order valence-corrected chi connectivity index (χ0v) is 18.5. The number of hydrogen-bond acceptors (Lipinski definition) is 4. The molecule has 3 heterocycles. The number of amides is 1. The predicted octanol–water partition coefficient (Wildman–Crippen LogP) is 5.26. The van der Waals surface area contributed by atoms with E-state index in [-0.39, 0.29) is 11.8 Å². The SMILES string of the molecule is CC(C(=O)Nc1ccc(Cl)cc1Cl)N1CCCC(c2nnc3ccc(C(F)(F)F)cn23)C1. The number of piperidine rings is 1. The van der Waals surface area contributed by atoms with Crippen molar-refractivity contribution in [2.75, 3.05) is 18.4 Å². The second-order valence-electron chi connectivity index (χ2n) is 7.83. The van der Waals surface area contributed by atoms with Crippen LogP contribution in [-0.4, -0.2) is 44.5 Å². The zero-order valence-electron chi connectivity index (χ0n) is 17.0. The molecule has 1 aliphatic rings. The maximum Gasteiger partial charge on any atom is 0.417 e. The average Bonchev–Trinajstić information content (AvgIpc) is 3.18. The van der Waals surface area contributed by atoms with E-state index in [1.165, 1.54) is 10.5 Å². The maximum absolute atomic E-state index is 13.2. The molecular formula is C21H20Cl2F3N5O. The Hall–Kier alpha value is -2.36. The van der Waals surface area contributed by atoms with E-state index in [1.54, 1.807) is 25.1 Å². The Morgan fingerprint density at radius 1 is 1.22 bits per heavy atom. The molecule has 0 aliphatic carbocycles. The Bertz CT molecular complexity index is 1150. The highest BCUT2D eigenvalue weighted by atomic mass is 35.5. The van der Waals surface area contributed by atoms with Gasteiger partial charge in [-0.1, -0.05) is 23.2 Å². The summed E-state index contributed by atoms with van der Waals surface area (Å²) in [4.78, 5) is 14.8. The lowest BCUT2D eigenvalue weighted by molar-refractivity contribution is -0.137. The van der Waals surface area contributed by atoms with Crippen molar-refractivity contribution in [3.8, 4) is 0 Å². The third-order valence-corrected chi connectivity index (χ3v) is 6.24. The van der Waals surface area contributed by atoms with E-state index in [2.05, 4.69) is 15.5 Å². The van der Waals surface area contributed by atoms with Crippen LogP contribution in [0.2, 0.25) is 10.0 Å². The maximum atomic E-state index is 13.2. The Morgan fingerprint density at radius 2 is 2.00 bits per heavy atom. The van der Waals surface area contributed by atoms with Gasteiger partial charge >= 0.3 is 6.18 Å². The van der Waals surface area contributed by atoms with Gasteiger partial charge in [-0.3, -0.25) is 14.1 Å². The Morgan fingerprint density at radius 3 is 2.72 bits per heavy atom. The third kappa shape index (κ3) is 4.69. The highest BCUT2D eigenvalue weighted by Crippen LogP contribution is 2.32. The molecule has 11 heteroatoms. The van der Waals surface area contributed by atoms with Crippen LogP contribution in [0.15, 0.2) is 36.5 Å². The van der Waals surface area contributed by atoms with Gasteiger partial charge in [0, 0.05) is 23.7 Å². The van der Waals surface area contributed by atoms with Crippen LogP contribution >= 0.6 is 23.2 Å². The number of rotatable bonds is 4. The van der Waals surface area contributed by atoms with Crippen molar-refractivity contribution in [2.24, 2.45) is 0 Å². The normalized spacial score (nSPS) is 18.6. The highest BCUT2D eigenvalue weighted by molar-refractivity contribution is 6.36. The molecule has 4 rings (SSSR count). The van der Waals surface area contributed by atoms with E-state index < -0.39 is 17.8 Å². The molecule has 1 N–H and O–H groups in total. The monoisotopic (exact) mass is 485 g/mol. The molecule has 0 saturated carbocycles. The molecule has 170 valence electrons. The van der Waals surface area contributed by atoms with E-state index >= 15 is 0 Å². The number of pyridine rings is 1. The standard InChI is InChI=1S/C21H20Cl2F3N5O/c1-12(20(32)27-17-6-5-15(22)9-16(17)23)30-8-2-3-13(10-30)19-29-28-18-7-4-14(11-31(18)19)21(24,25)26/h4-7,9,11-13H,2-3,8,10H2,1H3,(H,27,32). The molecule has 1 amide bonds. The van der Waals surface area contributed by atoms with Crippen LogP contribution in [0.3, 0.4) is 0 Å². The molecule has 0 radical (unpaired) electrons. The zero-order chi connectivity index (χ0) is 23.0. The number of benzene rings is 1. The van der Waals surface area contributed by atoms with Gasteiger partial charge in [-0.2, -0.15) is 13.2 Å². The summed E-state index contributed by atoms with van der Waals surface area (Å²) in [6.45, 7) is 2.94. The molecule has 1 aliphatic heterocycles. The second kappa shape index (κ2) is 8.88. The van der Waals surface area contributed by atoms with Gasteiger partial charge in [0.25, 0.3) is 0 Å². The average molecular weight is 486 g/mol. The number of halogens is 5. The molecule has 1 aromatic carbocycles. The number of hydrogen-bond donors (Lipinski definition) is 1. The molecule has 32 heavy (non-hydrogen) atoms. The van der Waals surface area contributed by atoms with Crippen molar-refractivity contribution in [2.45, 2.75) is 37.9 Å². The van der Waals surface area contributed by atoms with Crippen LogP contribution in [-0.2, 0) is 11.0 Å². The highest BCUT2D eigenvalue weighted by Gasteiger charge is 2.33. The Labute approximate surface area is 192 Å². The molecule has 0 spiro atoms. The van der Waals surface area contributed by atoms with E-state index in [0.29, 0.717) is 40.3 Å². The van der Waals surface area contributed by atoms with Gasteiger partial charge in [-0.15, -0.1) is 10.2 Å². The van der Waals surface area contributed by atoms with Gasteiger partial charge in [-0.05, 0) is 56.6 Å². The number of nitrogens with zero attached hydrogens (tertiary/aromatic N) is 4. The summed E-state index contributed by atoms with van der Waals surface area (Å²) in [6.07, 6.45) is -1.91. The topological polar surface area (TPSA) is 62.5 Å². The Balaban J connectivity index is 1.51. The predicted molar refractivity (Wildman–Crippen MR) is 116 cm³/mol. The number of carbonyl (C=O) groups is 1. The number of alkyl halides is 3. The number of carbonyl (C=O) groups excluding carboxylic acids is 1. The fraction of sp³-hybridized carbons (Fsp3) is 0.381. The van der Waals surface area contributed by atoms with Crippen LogP contribution in [0.1, 0.15) is 37.1 Å². The van der Waals surface area contributed by atoms with Crippen LogP contribution in [0.5, 0.6) is 0 Å². The molecule has 1 saturated heterocycles. The van der Waals surface area contributed by atoms with E-state index in [9.17, 15) is 18.0 Å². The van der Waals surface area contributed by atoms with Crippen molar-refractivity contribution < 1.29 is 18.0 Å². The van der Waals surface area contributed by atoms with Gasteiger partial charge in [0.2, 0.25) is 5.91 Å². The largest absolute Gasteiger partial charge is 0.417 e. The number of nitrogens with one attached hydrogen (secondary N) is 1. The van der Waals surface area contributed by atoms with Crippen LogP contribution in [0.25, 0.3) is 5.65 Å². The smallest absolute Gasteiger partial charge is 0.323 e. The van der Waals surface area contributed by atoms with Gasteiger partial charge in [0.15, 0.2) is 5.65 Å². The lowest BCUT2D eigenvalue weighted by Crippen LogP contribution is -2.46. The molecule has 6 nitrogen and oxygen atoms in total. The number of anilines is 1. The summed E-state index contributed by atoms with van der Waals surface area (Å²) >= 11 is 12.0. The molecular weight excluding hydrogens is 466 g/mol. The number of likely N-dealkylation sites (tertiary alicyclic amines) is 1. The number of aromatic nitrogens is 3. The van der Waals surface area contributed by atoms with Crippen molar-refractivity contribution >= 4 is 40.4 Å². The van der Waals surface area contributed by atoms with E-state index in [4.69, 9.17) is 23.2 Å². The first kappa shape index (κ1) is 22.8. The third-order valence-electron chi connectivity index (χ3n) is 5.69.